The van der Waals surface area contributed by atoms with Gasteiger partial charge in [0.1, 0.15) is 0 Å². The summed E-state index contributed by atoms with van der Waals surface area (Å²) in [6, 6.07) is 11.2. The van der Waals surface area contributed by atoms with E-state index in [0.717, 1.165) is 50.4 Å². The summed E-state index contributed by atoms with van der Waals surface area (Å²) in [5.41, 5.74) is 3.61. The van der Waals surface area contributed by atoms with E-state index < -0.39 is 0 Å². The summed E-state index contributed by atoms with van der Waals surface area (Å²) in [5.74, 6) is -0.119. The van der Waals surface area contributed by atoms with Crippen molar-refractivity contribution >= 4 is 22.9 Å². The van der Waals surface area contributed by atoms with E-state index >= 15 is 0 Å². The van der Waals surface area contributed by atoms with E-state index in [-0.39, 0.29) is 11.6 Å². The Morgan fingerprint density at radius 1 is 0.583 bits per heavy atom. The first-order valence-electron chi connectivity index (χ1n) is 14.0. The van der Waals surface area contributed by atoms with Crippen molar-refractivity contribution < 1.29 is 9.59 Å². The summed E-state index contributed by atoms with van der Waals surface area (Å²) in [5, 5.41) is 6.92. The van der Waals surface area contributed by atoms with Crippen LogP contribution in [0.4, 0.5) is 11.4 Å². The molecule has 2 aromatic rings. The Morgan fingerprint density at radius 2 is 1.00 bits per heavy atom. The van der Waals surface area contributed by atoms with Gasteiger partial charge < -0.3 is 20.4 Å². The minimum atomic E-state index is -0.0595. The molecule has 192 valence electrons. The summed E-state index contributed by atoms with van der Waals surface area (Å²) in [7, 11) is 0. The summed E-state index contributed by atoms with van der Waals surface area (Å²) < 4.78 is 0. The van der Waals surface area contributed by atoms with Crippen molar-refractivity contribution in [2.45, 2.75) is 51.4 Å². The van der Waals surface area contributed by atoms with Gasteiger partial charge in [-0.3, -0.25) is 9.59 Å². The highest BCUT2D eigenvalue weighted by molar-refractivity contribution is 6.31. The van der Waals surface area contributed by atoms with E-state index in [1.54, 1.807) is 12.1 Å². The third-order valence-electron chi connectivity index (χ3n) is 7.90. The molecule has 0 aromatic heterocycles. The van der Waals surface area contributed by atoms with Crippen LogP contribution in [0.1, 0.15) is 83.2 Å². The summed E-state index contributed by atoms with van der Waals surface area (Å²) >= 11 is 0. The number of piperidine rings is 2. The van der Waals surface area contributed by atoms with Gasteiger partial charge in [-0.15, -0.1) is 0 Å². The molecule has 6 heteroatoms. The van der Waals surface area contributed by atoms with E-state index in [1.165, 1.54) is 64.7 Å². The van der Waals surface area contributed by atoms with Crippen molar-refractivity contribution in [3.63, 3.8) is 0 Å². The first-order chi connectivity index (χ1) is 17.7. The molecule has 1 aliphatic carbocycles. The van der Waals surface area contributed by atoms with Gasteiger partial charge in [0.15, 0.2) is 11.6 Å². The van der Waals surface area contributed by atoms with Crippen molar-refractivity contribution in [3.8, 4) is 0 Å². The molecule has 2 N–H and O–H groups in total. The van der Waals surface area contributed by atoms with E-state index in [2.05, 4.69) is 20.4 Å². The highest BCUT2D eigenvalue weighted by Crippen LogP contribution is 2.35. The van der Waals surface area contributed by atoms with Crippen molar-refractivity contribution in [3.05, 3.63) is 58.7 Å². The van der Waals surface area contributed by atoms with Gasteiger partial charge in [-0.05, 0) is 89.9 Å². The number of anilines is 2. The van der Waals surface area contributed by atoms with Gasteiger partial charge in [-0.1, -0.05) is 37.1 Å². The number of fused-ring (bicyclic) bond motifs is 2. The number of hydrogen-bond acceptors (Lipinski definition) is 6. The molecule has 0 unspecified atom stereocenters. The van der Waals surface area contributed by atoms with Gasteiger partial charge in [0, 0.05) is 35.6 Å². The molecule has 2 aliphatic heterocycles. The lowest BCUT2D eigenvalue weighted by molar-refractivity contribution is 0.0980. The third kappa shape index (κ3) is 5.65. The second-order valence-electron chi connectivity index (χ2n) is 10.5. The molecule has 0 saturated carbocycles. The minimum Gasteiger partial charge on any atom is -0.384 e. The van der Waals surface area contributed by atoms with E-state index in [1.807, 2.05) is 24.3 Å². The van der Waals surface area contributed by atoms with Crippen LogP contribution in [-0.4, -0.2) is 73.7 Å². The van der Waals surface area contributed by atoms with Crippen LogP contribution in [0.2, 0.25) is 0 Å². The molecule has 2 heterocycles. The molecule has 0 spiro atoms. The first-order valence-corrected chi connectivity index (χ1v) is 14.0. The Morgan fingerprint density at radius 3 is 1.42 bits per heavy atom. The Balaban J connectivity index is 1.23. The fourth-order valence-corrected chi connectivity index (χ4v) is 5.95. The highest BCUT2D eigenvalue weighted by atomic mass is 16.1. The molecule has 6 nitrogen and oxygen atoms in total. The van der Waals surface area contributed by atoms with Crippen molar-refractivity contribution in [1.29, 1.82) is 0 Å². The number of likely N-dealkylation sites (tertiary alicyclic amines) is 2. The number of hydrogen-bond donors (Lipinski definition) is 2. The summed E-state index contributed by atoms with van der Waals surface area (Å²) in [4.78, 5) is 32.3. The molecule has 36 heavy (non-hydrogen) atoms. The van der Waals surface area contributed by atoms with E-state index in [4.69, 9.17) is 0 Å². The van der Waals surface area contributed by atoms with Crippen LogP contribution < -0.4 is 10.6 Å². The van der Waals surface area contributed by atoms with Crippen LogP contribution in [0.5, 0.6) is 0 Å². The number of nitrogens with one attached hydrogen (secondary N) is 2. The van der Waals surface area contributed by atoms with E-state index in [0.29, 0.717) is 22.3 Å². The van der Waals surface area contributed by atoms with Crippen LogP contribution in [0.15, 0.2) is 36.4 Å². The minimum absolute atomic E-state index is 0.0595. The van der Waals surface area contributed by atoms with Crippen LogP contribution in [0, 0.1) is 0 Å². The predicted molar refractivity (Wildman–Crippen MR) is 147 cm³/mol. The van der Waals surface area contributed by atoms with Crippen molar-refractivity contribution in [2.24, 2.45) is 0 Å². The zero-order valence-corrected chi connectivity index (χ0v) is 21.5. The molecule has 0 radical (unpaired) electrons. The van der Waals surface area contributed by atoms with Crippen LogP contribution in [-0.2, 0) is 0 Å². The SMILES string of the molecule is O=C1c2cccc(NCCCN3CCCCC3)c2C(=O)c2cccc(NCCCN3CCCCC3)c21. The molecule has 0 amide bonds. The monoisotopic (exact) mass is 488 g/mol. The smallest absolute Gasteiger partial charge is 0.196 e. The largest absolute Gasteiger partial charge is 0.384 e. The summed E-state index contributed by atoms with van der Waals surface area (Å²) in [6.07, 6.45) is 9.92. The normalized spacial score (nSPS) is 18.6. The Bertz CT molecular complexity index is 985. The van der Waals surface area contributed by atoms with Crippen LogP contribution in [0.3, 0.4) is 0 Å². The fourth-order valence-electron chi connectivity index (χ4n) is 5.95. The number of ketones is 2. The molecule has 3 aliphatic rings. The van der Waals surface area contributed by atoms with Gasteiger partial charge in [0.25, 0.3) is 0 Å². The molecular weight excluding hydrogens is 448 g/mol. The molecular formula is C30H40N4O2. The molecule has 2 aromatic carbocycles. The number of benzene rings is 2. The Hall–Kier alpha value is -2.70. The lowest BCUT2D eigenvalue weighted by atomic mass is 9.82. The molecule has 2 fully saturated rings. The standard InChI is InChI=1S/C30H40N4O2/c35-29-24-12-8-14-26(32-16-10-22-34-19-5-2-6-20-34)28(24)30(36)23-11-7-13-25(27(23)29)31-15-9-21-33-17-3-1-4-18-33/h7-8,11-14,31-32H,1-6,9-10,15-22H2. The maximum atomic E-state index is 13.6. The Labute approximate surface area is 215 Å². The van der Waals surface area contributed by atoms with Crippen molar-refractivity contribution in [2.75, 3.05) is 63.0 Å². The topological polar surface area (TPSA) is 64.7 Å². The first kappa shape index (κ1) is 25.0. The van der Waals surface area contributed by atoms with Gasteiger partial charge in [0.2, 0.25) is 0 Å². The lowest BCUT2D eigenvalue weighted by Gasteiger charge is -2.27. The predicted octanol–water partition coefficient (Wildman–Crippen LogP) is 5.04. The maximum Gasteiger partial charge on any atom is 0.196 e. The molecule has 5 rings (SSSR count). The number of rotatable bonds is 10. The van der Waals surface area contributed by atoms with Gasteiger partial charge in [0.05, 0.1) is 11.1 Å². The lowest BCUT2D eigenvalue weighted by Crippen LogP contribution is -2.31. The van der Waals surface area contributed by atoms with Crippen molar-refractivity contribution in [1.82, 2.24) is 9.80 Å². The second-order valence-corrected chi connectivity index (χ2v) is 10.5. The number of carbonyl (C=O) groups excluding carboxylic acids is 2. The zero-order chi connectivity index (χ0) is 24.7. The van der Waals surface area contributed by atoms with Gasteiger partial charge >= 0.3 is 0 Å². The Kier molecular flexibility index (Phi) is 8.34. The average Bonchev–Trinajstić information content (AvgIpc) is 2.93. The fraction of sp³-hybridized carbons (Fsp3) is 0.533. The molecule has 0 bridgehead atoms. The maximum absolute atomic E-state index is 13.6. The summed E-state index contributed by atoms with van der Waals surface area (Å²) in [6.45, 7) is 8.51. The highest BCUT2D eigenvalue weighted by Gasteiger charge is 2.33. The van der Waals surface area contributed by atoms with Gasteiger partial charge in [-0.25, -0.2) is 0 Å². The van der Waals surface area contributed by atoms with E-state index in [9.17, 15) is 9.59 Å². The number of nitrogens with zero attached hydrogens (tertiary/aromatic N) is 2. The quantitative estimate of drug-likeness (QED) is 0.390. The van der Waals surface area contributed by atoms with Crippen LogP contribution in [0.25, 0.3) is 0 Å². The number of carbonyl (C=O) groups is 2. The van der Waals surface area contributed by atoms with Gasteiger partial charge in [-0.2, -0.15) is 0 Å². The molecule has 0 atom stereocenters. The third-order valence-corrected chi connectivity index (χ3v) is 7.90. The van der Waals surface area contributed by atoms with Crippen LogP contribution >= 0.6 is 0 Å². The average molecular weight is 489 g/mol. The molecule has 2 saturated heterocycles. The zero-order valence-electron chi connectivity index (χ0n) is 21.5. The second kappa shape index (κ2) is 12.0.